The monoisotopic (exact) mass is 410 g/mol. The van der Waals surface area contributed by atoms with Crippen LogP contribution >= 0.6 is 35.3 Å². The summed E-state index contributed by atoms with van der Waals surface area (Å²) in [6, 6.07) is 0. The molecule has 0 bridgehead atoms. The van der Waals surface area contributed by atoms with Crippen LogP contribution in [0.25, 0.3) is 0 Å². The highest BCUT2D eigenvalue weighted by molar-refractivity contribution is 14.0. The van der Waals surface area contributed by atoms with Crippen LogP contribution in [-0.4, -0.2) is 30.6 Å². The predicted octanol–water partition coefficient (Wildman–Crippen LogP) is 3.28. The Balaban J connectivity index is 0.00000361. The number of nitrogens with zero attached hydrogens (tertiary/aromatic N) is 2. The molecule has 1 rings (SSSR count). The van der Waals surface area contributed by atoms with Gasteiger partial charge in [-0.05, 0) is 27.2 Å². The summed E-state index contributed by atoms with van der Waals surface area (Å²) in [6.07, 6.45) is 3.33. The molecule has 0 aromatic carbocycles. The van der Waals surface area contributed by atoms with E-state index in [-0.39, 0.29) is 24.0 Å². The van der Waals surface area contributed by atoms with E-state index in [0.717, 1.165) is 49.1 Å². The minimum atomic E-state index is 0. The number of nitrogens with one attached hydrogen (secondary N) is 2. The van der Waals surface area contributed by atoms with Crippen molar-refractivity contribution in [2.24, 2.45) is 4.99 Å². The maximum Gasteiger partial charge on any atom is 0.191 e. The third-order valence-electron chi connectivity index (χ3n) is 2.77. The molecule has 116 valence electrons. The second-order valence-electron chi connectivity index (χ2n) is 4.53. The Morgan fingerprint density at radius 2 is 2.00 bits per heavy atom. The Kier molecular flexibility index (Phi) is 11.1. The van der Waals surface area contributed by atoms with E-state index >= 15 is 0 Å². The number of guanidine groups is 1. The van der Waals surface area contributed by atoms with Crippen LogP contribution in [0.1, 0.15) is 42.3 Å². The van der Waals surface area contributed by atoms with E-state index in [0.29, 0.717) is 0 Å². The molecule has 0 atom stereocenters. The first-order valence-corrected chi connectivity index (χ1v) is 7.94. The van der Waals surface area contributed by atoms with E-state index in [4.69, 9.17) is 0 Å². The summed E-state index contributed by atoms with van der Waals surface area (Å²) in [6.45, 7) is 11.1. The van der Waals surface area contributed by atoms with Gasteiger partial charge >= 0.3 is 0 Å². The van der Waals surface area contributed by atoms with Crippen molar-refractivity contribution in [2.45, 2.75) is 47.0 Å². The van der Waals surface area contributed by atoms with Crippen molar-refractivity contribution in [1.82, 2.24) is 15.6 Å². The highest BCUT2D eigenvalue weighted by atomic mass is 127. The number of thiazole rings is 1. The van der Waals surface area contributed by atoms with Gasteiger partial charge in [-0.15, -0.1) is 35.3 Å². The normalized spacial score (nSPS) is 11.1. The number of hydrogen-bond donors (Lipinski definition) is 2. The fraction of sp³-hybridized carbons (Fsp3) is 0.714. The number of hydrogen-bond acceptors (Lipinski definition) is 3. The number of aryl methyl sites for hydroxylation is 2. The van der Waals surface area contributed by atoms with Gasteiger partial charge in [0.25, 0.3) is 0 Å². The molecular weight excluding hydrogens is 383 g/mol. The van der Waals surface area contributed by atoms with Gasteiger partial charge in [0.15, 0.2) is 5.96 Å². The van der Waals surface area contributed by atoms with Gasteiger partial charge in [-0.25, -0.2) is 4.98 Å². The molecule has 0 aliphatic carbocycles. The Labute approximate surface area is 143 Å². The molecule has 0 saturated heterocycles. The Morgan fingerprint density at radius 3 is 2.55 bits per heavy atom. The van der Waals surface area contributed by atoms with Gasteiger partial charge in [0, 0.05) is 30.9 Å². The Morgan fingerprint density at radius 1 is 1.25 bits per heavy atom. The molecule has 1 aromatic rings. The van der Waals surface area contributed by atoms with Gasteiger partial charge in [-0.2, -0.15) is 0 Å². The van der Waals surface area contributed by atoms with Crippen LogP contribution in [0.5, 0.6) is 0 Å². The zero-order valence-electron chi connectivity index (χ0n) is 13.0. The number of rotatable bonds is 7. The van der Waals surface area contributed by atoms with Crippen LogP contribution in [0.2, 0.25) is 0 Å². The number of halogens is 1. The molecule has 0 aliphatic heterocycles. The van der Waals surface area contributed by atoms with E-state index in [9.17, 15) is 0 Å². The Hall–Kier alpha value is -0.370. The SMILES string of the molecule is CCCCN=C(NCC)NCCc1sc(C)nc1C.I. The van der Waals surface area contributed by atoms with Gasteiger partial charge < -0.3 is 10.6 Å². The molecule has 0 fully saturated rings. The van der Waals surface area contributed by atoms with Gasteiger partial charge in [-0.1, -0.05) is 13.3 Å². The van der Waals surface area contributed by atoms with Crippen molar-refractivity contribution < 1.29 is 0 Å². The topological polar surface area (TPSA) is 49.3 Å². The molecule has 0 spiro atoms. The van der Waals surface area contributed by atoms with Crippen molar-refractivity contribution in [3.05, 3.63) is 15.6 Å². The quantitative estimate of drug-likeness (QED) is 0.314. The van der Waals surface area contributed by atoms with Crippen LogP contribution in [0.15, 0.2) is 4.99 Å². The third kappa shape index (κ3) is 7.42. The fourth-order valence-corrected chi connectivity index (χ4v) is 2.73. The van der Waals surface area contributed by atoms with Crippen molar-refractivity contribution in [1.29, 1.82) is 0 Å². The molecular formula is C14H27IN4S. The van der Waals surface area contributed by atoms with Gasteiger partial charge in [0.1, 0.15) is 0 Å². The number of aromatic nitrogens is 1. The molecule has 0 amide bonds. The molecule has 20 heavy (non-hydrogen) atoms. The van der Waals surface area contributed by atoms with Crippen molar-refractivity contribution in [3.63, 3.8) is 0 Å². The van der Waals surface area contributed by atoms with E-state index in [1.165, 1.54) is 11.3 Å². The van der Waals surface area contributed by atoms with Crippen LogP contribution in [0.4, 0.5) is 0 Å². The first-order chi connectivity index (χ1) is 9.17. The van der Waals surface area contributed by atoms with Gasteiger partial charge in [-0.3, -0.25) is 4.99 Å². The summed E-state index contributed by atoms with van der Waals surface area (Å²) >= 11 is 1.79. The zero-order chi connectivity index (χ0) is 14.1. The highest BCUT2D eigenvalue weighted by Gasteiger charge is 2.04. The lowest BCUT2D eigenvalue weighted by Gasteiger charge is -2.10. The maximum absolute atomic E-state index is 4.54. The lowest BCUT2D eigenvalue weighted by molar-refractivity contribution is 0.768. The zero-order valence-corrected chi connectivity index (χ0v) is 16.1. The maximum atomic E-state index is 4.54. The molecule has 0 saturated carbocycles. The number of aliphatic imine (C=N–C) groups is 1. The average molecular weight is 410 g/mol. The molecule has 0 aliphatic rings. The van der Waals surface area contributed by atoms with Crippen molar-refractivity contribution in [2.75, 3.05) is 19.6 Å². The molecule has 2 N–H and O–H groups in total. The molecule has 1 aromatic heterocycles. The largest absolute Gasteiger partial charge is 0.357 e. The fourth-order valence-electron chi connectivity index (χ4n) is 1.79. The molecule has 0 radical (unpaired) electrons. The van der Waals surface area contributed by atoms with Crippen LogP contribution in [-0.2, 0) is 6.42 Å². The molecule has 4 nitrogen and oxygen atoms in total. The third-order valence-corrected chi connectivity index (χ3v) is 3.90. The van der Waals surface area contributed by atoms with Gasteiger partial charge in [0.05, 0.1) is 10.7 Å². The minimum Gasteiger partial charge on any atom is -0.357 e. The van der Waals surface area contributed by atoms with E-state index < -0.39 is 0 Å². The number of unbranched alkanes of at least 4 members (excludes halogenated alkanes) is 1. The second-order valence-corrected chi connectivity index (χ2v) is 5.82. The lowest BCUT2D eigenvalue weighted by Crippen LogP contribution is -2.38. The first-order valence-electron chi connectivity index (χ1n) is 7.12. The van der Waals surface area contributed by atoms with Crippen LogP contribution < -0.4 is 10.6 Å². The summed E-state index contributed by atoms with van der Waals surface area (Å²) in [4.78, 5) is 10.4. The summed E-state index contributed by atoms with van der Waals surface area (Å²) in [5, 5.41) is 7.81. The average Bonchev–Trinajstić information content (AvgIpc) is 2.68. The first kappa shape index (κ1) is 19.6. The second kappa shape index (κ2) is 11.3. The standard InChI is InChI=1S/C14H26N4S.HI/c1-5-7-9-16-14(15-6-2)17-10-8-13-11(3)18-12(4)19-13;/h5-10H2,1-4H3,(H2,15,16,17);1H. The van der Waals surface area contributed by atoms with E-state index in [1.54, 1.807) is 11.3 Å². The summed E-state index contributed by atoms with van der Waals surface area (Å²) in [5.41, 5.74) is 1.16. The highest BCUT2D eigenvalue weighted by Crippen LogP contribution is 2.16. The summed E-state index contributed by atoms with van der Waals surface area (Å²) in [7, 11) is 0. The molecule has 0 unspecified atom stereocenters. The smallest absolute Gasteiger partial charge is 0.191 e. The minimum absolute atomic E-state index is 0. The van der Waals surface area contributed by atoms with Crippen LogP contribution in [0, 0.1) is 13.8 Å². The Bertz CT molecular complexity index is 404. The van der Waals surface area contributed by atoms with Crippen LogP contribution in [0.3, 0.4) is 0 Å². The van der Waals surface area contributed by atoms with E-state index in [2.05, 4.69) is 48.3 Å². The molecule has 1 heterocycles. The summed E-state index contributed by atoms with van der Waals surface area (Å²) in [5.74, 6) is 0.926. The van der Waals surface area contributed by atoms with Crippen molar-refractivity contribution >= 4 is 41.3 Å². The predicted molar refractivity (Wildman–Crippen MR) is 99.6 cm³/mol. The summed E-state index contributed by atoms with van der Waals surface area (Å²) < 4.78 is 0. The van der Waals surface area contributed by atoms with Gasteiger partial charge in [0.2, 0.25) is 0 Å². The van der Waals surface area contributed by atoms with E-state index in [1.807, 2.05) is 0 Å². The lowest BCUT2D eigenvalue weighted by atomic mass is 10.3. The molecule has 6 heteroatoms. The van der Waals surface area contributed by atoms with Crippen molar-refractivity contribution in [3.8, 4) is 0 Å².